The molecule has 0 unspecified atom stereocenters. The molecule has 2 aliphatic heterocycles. The van der Waals surface area contributed by atoms with Crippen LogP contribution in [0.1, 0.15) is 11.7 Å². The smallest absolute Gasteiger partial charge is 0.237 e. The lowest BCUT2D eigenvalue weighted by Gasteiger charge is -2.20. The monoisotopic (exact) mass is 311 g/mol. The van der Waals surface area contributed by atoms with Crippen molar-refractivity contribution in [3.63, 3.8) is 0 Å². The Hall–Kier alpha value is -2.25. The number of rotatable bonds is 2. The molecule has 0 saturated carbocycles. The number of H-pyrrole nitrogens is 1. The quantitative estimate of drug-likeness (QED) is 0.744. The summed E-state index contributed by atoms with van der Waals surface area (Å²) in [6, 6.07) is 5.95. The van der Waals surface area contributed by atoms with E-state index in [2.05, 4.69) is 20.4 Å². The van der Waals surface area contributed by atoms with Crippen LogP contribution in [-0.4, -0.2) is 46.4 Å². The molecule has 5 rings (SSSR count). The van der Waals surface area contributed by atoms with Crippen LogP contribution in [0.25, 0.3) is 22.4 Å². The van der Waals surface area contributed by atoms with Gasteiger partial charge in [0.1, 0.15) is 5.82 Å². The van der Waals surface area contributed by atoms with Gasteiger partial charge >= 0.3 is 0 Å². The molecule has 0 spiro atoms. The molecule has 0 amide bonds. The predicted octanol–water partition coefficient (Wildman–Crippen LogP) is 1.41. The van der Waals surface area contributed by atoms with Gasteiger partial charge in [-0.3, -0.25) is 0 Å². The summed E-state index contributed by atoms with van der Waals surface area (Å²) in [5, 5.41) is 7.64. The highest BCUT2D eigenvalue weighted by Crippen LogP contribution is 2.40. The molecule has 2 N–H and O–H groups in total. The first kappa shape index (κ1) is 13.2. The number of aromatic nitrogens is 4. The largest absolute Gasteiger partial charge is 0.380 e. The fourth-order valence-corrected chi connectivity index (χ4v) is 3.76. The van der Waals surface area contributed by atoms with Crippen molar-refractivity contribution in [2.75, 3.05) is 26.3 Å². The highest BCUT2D eigenvalue weighted by atomic mass is 16.5. The van der Waals surface area contributed by atoms with E-state index in [1.165, 1.54) is 0 Å². The highest BCUT2D eigenvalue weighted by Gasteiger charge is 2.52. The van der Waals surface area contributed by atoms with Gasteiger partial charge in [-0.2, -0.15) is 4.98 Å². The Bertz CT molecular complexity index is 874. The van der Waals surface area contributed by atoms with Gasteiger partial charge in [-0.15, -0.1) is 0 Å². The number of fused-ring (bicyclic) bond motifs is 2. The summed E-state index contributed by atoms with van der Waals surface area (Å²) < 4.78 is 11.3. The zero-order chi connectivity index (χ0) is 15.4. The van der Waals surface area contributed by atoms with Crippen LogP contribution in [0.3, 0.4) is 0 Å². The zero-order valence-electron chi connectivity index (χ0n) is 12.8. The van der Waals surface area contributed by atoms with Gasteiger partial charge in [0.25, 0.3) is 0 Å². The third-order valence-corrected chi connectivity index (χ3v) is 5.02. The van der Waals surface area contributed by atoms with Crippen molar-refractivity contribution in [1.82, 2.24) is 25.4 Å². The number of hydrogen-bond donors (Lipinski definition) is 2. The standard InChI is InChI=1S/C16H17N5O2/c1-9-18-12-4-2-3-11(13(12)19-9)14-20-15(23-21-14)16-7-17-5-10(16)6-22-8-16/h2-4,10,17H,5-8H2,1H3,(H,18,19)/t10-,16-/m0/s1. The Labute approximate surface area is 132 Å². The number of benzene rings is 1. The van der Waals surface area contributed by atoms with Crippen LogP contribution in [-0.2, 0) is 10.2 Å². The molecule has 1 aromatic carbocycles. The zero-order valence-corrected chi connectivity index (χ0v) is 12.8. The van der Waals surface area contributed by atoms with E-state index in [0.29, 0.717) is 24.2 Å². The summed E-state index contributed by atoms with van der Waals surface area (Å²) in [6.45, 7) is 5.09. The molecule has 0 radical (unpaired) electrons. The maximum absolute atomic E-state index is 5.67. The van der Waals surface area contributed by atoms with E-state index in [1.807, 2.05) is 25.1 Å². The predicted molar refractivity (Wildman–Crippen MR) is 83.0 cm³/mol. The van der Waals surface area contributed by atoms with Crippen LogP contribution >= 0.6 is 0 Å². The third-order valence-electron chi connectivity index (χ3n) is 5.02. The first-order valence-electron chi connectivity index (χ1n) is 7.85. The molecule has 2 aromatic heterocycles. The van der Waals surface area contributed by atoms with E-state index in [9.17, 15) is 0 Å². The lowest BCUT2D eigenvalue weighted by atomic mass is 9.81. The molecule has 2 fully saturated rings. The average molecular weight is 311 g/mol. The molecule has 7 nitrogen and oxygen atoms in total. The normalized spacial score (nSPS) is 26.9. The fourth-order valence-electron chi connectivity index (χ4n) is 3.76. The molecule has 7 heteroatoms. The van der Waals surface area contributed by atoms with Gasteiger partial charge in [0.2, 0.25) is 11.7 Å². The first-order valence-corrected chi connectivity index (χ1v) is 7.85. The molecule has 0 aliphatic carbocycles. The number of para-hydroxylation sites is 1. The number of hydrogen-bond acceptors (Lipinski definition) is 6. The van der Waals surface area contributed by atoms with Gasteiger partial charge < -0.3 is 19.6 Å². The molecule has 3 aromatic rings. The van der Waals surface area contributed by atoms with E-state index in [1.54, 1.807) is 0 Å². The number of nitrogens with one attached hydrogen (secondary N) is 2. The van der Waals surface area contributed by atoms with Crippen molar-refractivity contribution in [2.45, 2.75) is 12.3 Å². The molecular formula is C16H17N5O2. The summed E-state index contributed by atoms with van der Waals surface area (Å²) in [7, 11) is 0. The molecule has 4 heterocycles. The molecule has 118 valence electrons. The van der Waals surface area contributed by atoms with Gasteiger partial charge in [0, 0.05) is 19.0 Å². The number of nitrogens with zero attached hydrogens (tertiary/aromatic N) is 3. The summed E-state index contributed by atoms with van der Waals surface area (Å²) in [5.41, 5.74) is 2.56. The molecule has 23 heavy (non-hydrogen) atoms. The second kappa shape index (κ2) is 4.62. The van der Waals surface area contributed by atoms with Crippen molar-refractivity contribution in [2.24, 2.45) is 5.92 Å². The van der Waals surface area contributed by atoms with Gasteiger partial charge in [-0.05, 0) is 19.1 Å². The summed E-state index contributed by atoms with van der Waals surface area (Å²) in [5.74, 6) is 2.53. The lowest BCUT2D eigenvalue weighted by Crippen LogP contribution is -2.35. The van der Waals surface area contributed by atoms with Crippen molar-refractivity contribution < 1.29 is 9.26 Å². The number of aromatic amines is 1. The van der Waals surface area contributed by atoms with Gasteiger partial charge in [0.15, 0.2) is 0 Å². The molecule has 2 aliphatic rings. The van der Waals surface area contributed by atoms with Crippen molar-refractivity contribution in [3.05, 3.63) is 29.9 Å². The minimum absolute atomic E-state index is 0.180. The fraction of sp³-hybridized carbons (Fsp3) is 0.438. The molecular weight excluding hydrogens is 294 g/mol. The highest BCUT2D eigenvalue weighted by molar-refractivity contribution is 5.89. The van der Waals surface area contributed by atoms with E-state index in [-0.39, 0.29) is 5.41 Å². The number of imidazole rings is 1. The average Bonchev–Trinajstić information content (AvgIpc) is 3.27. The SMILES string of the molecule is Cc1nc2c(-c3noc([C@]45CNC[C@H]4COC5)n3)cccc2[nH]1. The summed E-state index contributed by atoms with van der Waals surface area (Å²) in [4.78, 5) is 12.5. The Morgan fingerprint density at radius 3 is 3.22 bits per heavy atom. The molecule has 2 atom stereocenters. The number of ether oxygens (including phenoxy) is 1. The van der Waals surface area contributed by atoms with Gasteiger partial charge in [-0.1, -0.05) is 11.2 Å². The van der Waals surface area contributed by atoms with Gasteiger partial charge in [0.05, 0.1) is 35.2 Å². The van der Waals surface area contributed by atoms with Crippen LogP contribution in [0, 0.1) is 12.8 Å². The lowest BCUT2D eigenvalue weighted by molar-refractivity contribution is 0.161. The third kappa shape index (κ3) is 1.80. The Morgan fingerprint density at radius 1 is 1.30 bits per heavy atom. The van der Waals surface area contributed by atoms with Crippen LogP contribution < -0.4 is 5.32 Å². The second-order valence-electron chi connectivity index (χ2n) is 6.45. The van der Waals surface area contributed by atoms with Crippen LogP contribution in [0.15, 0.2) is 22.7 Å². The van der Waals surface area contributed by atoms with E-state index >= 15 is 0 Å². The Balaban J connectivity index is 1.61. The van der Waals surface area contributed by atoms with Crippen molar-refractivity contribution in [1.29, 1.82) is 0 Å². The van der Waals surface area contributed by atoms with Crippen molar-refractivity contribution >= 4 is 11.0 Å². The van der Waals surface area contributed by atoms with Gasteiger partial charge in [-0.25, -0.2) is 4.98 Å². The summed E-state index contributed by atoms with van der Waals surface area (Å²) in [6.07, 6.45) is 0. The second-order valence-corrected chi connectivity index (χ2v) is 6.45. The summed E-state index contributed by atoms with van der Waals surface area (Å²) >= 11 is 0. The Morgan fingerprint density at radius 2 is 2.26 bits per heavy atom. The number of aryl methyl sites for hydroxylation is 1. The topological polar surface area (TPSA) is 88.9 Å². The van der Waals surface area contributed by atoms with Crippen LogP contribution in [0.5, 0.6) is 0 Å². The van der Waals surface area contributed by atoms with Crippen LogP contribution in [0.4, 0.5) is 0 Å². The van der Waals surface area contributed by atoms with E-state index in [4.69, 9.17) is 14.2 Å². The maximum atomic E-state index is 5.67. The van der Waals surface area contributed by atoms with E-state index in [0.717, 1.165) is 42.1 Å². The Kier molecular flexibility index (Phi) is 2.66. The minimum Gasteiger partial charge on any atom is -0.380 e. The molecule has 0 bridgehead atoms. The van der Waals surface area contributed by atoms with Crippen molar-refractivity contribution in [3.8, 4) is 11.4 Å². The minimum atomic E-state index is -0.180. The van der Waals surface area contributed by atoms with Crippen LogP contribution in [0.2, 0.25) is 0 Å². The maximum Gasteiger partial charge on any atom is 0.237 e. The molecule has 2 saturated heterocycles. The first-order chi connectivity index (χ1) is 11.3. The van der Waals surface area contributed by atoms with E-state index < -0.39 is 0 Å².